The van der Waals surface area contributed by atoms with Crippen LogP contribution < -0.4 is 0 Å². The average Bonchev–Trinajstić information content (AvgIpc) is 2.09. The minimum absolute atomic E-state index is 0.105. The van der Waals surface area contributed by atoms with Crippen molar-refractivity contribution >= 4 is 5.97 Å². The number of esters is 1. The Morgan fingerprint density at radius 1 is 1.77 bits per heavy atom. The van der Waals surface area contributed by atoms with E-state index in [1.54, 1.807) is 0 Å². The van der Waals surface area contributed by atoms with E-state index in [0.717, 1.165) is 12.3 Å². The number of halogens is 1. The number of pyridine rings is 1. The molecule has 0 aliphatic carbocycles. The number of carbonyl (C=O) groups excluding carboxylic acids is 1. The molecule has 0 fully saturated rings. The standard InChI is InChI=1S/C8H8FNO3/c1-13-8(12)3-6-7(11)2-5(9)4-10-6/h2,4,11H,3H2,1H3. The SMILES string of the molecule is COC(=O)Cc1ncc(F)cc1O. The van der Waals surface area contributed by atoms with Crippen LogP contribution in [-0.4, -0.2) is 23.2 Å². The molecule has 1 heterocycles. The molecular weight excluding hydrogens is 177 g/mol. The molecule has 0 amide bonds. The zero-order valence-corrected chi connectivity index (χ0v) is 6.95. The zero-order valence-electron chi connectivity index (χ0n) is 6.95. The third-order valence-electron chi connectivity index (χ3n) is 1.45. The van der Waals surface area contributed by atoms with E-state index in [2.05, 4.69) is 9.72 Å². The largest absolute Gasteiger partial charge is 0.506 e. The average molecular weight is 185 g/mol. The fourth-order valence-corrected chi connectivity index (χ4v) is 0.802. The summed E-state index contributed by atoms with van der Waals surface area (Å²) in [6.07, 6.45) is 0.764. The highest BCUT2D eigenvalue weighted by molar-refractivity contribution is 5.72. The number of hydrogen-bond acceptors (Lipinski definition) is 4. The highest BCUT2D eigenvalue weighted by Crippen LogP contribution is 2.15. The van der Waals surface area contributed by atoms with Crippen LogP contribution in [0.15, 0.2) is 12.3 Å². The van der Waals surface area contributed by atoms with Gasteiger partial charge in [-0.1, -0.05) is 0 Å². The van der Waals surface area contributed by atoms with Crippen molar-refractivity contribution in [1.82, 2.24) is 4.98 Å². The monoisotopic (exact) mass is 185 g/mol. The van der Waals surface area contributed by atoms with Crippen LogP contribution in [-0.2, 0) is 16.0 Å². The van der Waals surface area contributed by atoms with Crippen LogP contribution in [0.4, 0.5) is 4.39 Å². The van der Waals surface area contributed by atoms with Crippen molar-refractivity contribution in [2.75, 3.05) is 7.11 Å². The van der Waals surface area contributed by atoms with Gasteiger partial charge in [0.15, 0.2) is 0 Å². The van der Waals surface area contributed by atoms with Crippen LogP contribution in [0.3, 0.4) is 0 Å². The third-order valence-corrected chi connectivity index (χ3v) is 1.45. The summed E-state index contributed by atoms with van der Waals surface area (Å²) in [6, 6.07) is 0.894. The van der Waals surface area contributed by atoms with Crippen molar-refractivity contribution in [3.05, 3.63) is 23.8 Å². The van der Waals surface area contributed by atoms with Gasteiger partial charge in [-0.05, 0) is 0 Å². The van der Waals surface area contributed by atoms with Gasteiger partial charge in [0.05, 0.1) is 25.4 Å². The second kappa shape index (κ2) is 3.84. The summed E-state index contributed by atoms with van der Waals surface area (Å²) in [7, 11) is 1.23. The molecule has 5 heteroatoms. The van der Waals surface area contributed by atoms with E-state index < -0.39 is 11.8 Å². The fourth-order valence-electron chi connectivity index (χ4n) is 0.802. The first-order valence-electron chi connectivity index (χ1n) is 3.53. The molecule has 0 atom stereocenters. The quantitative estimate of drug-likeness (QED) is 0.687. The fraction of sp³-hybridized carbons (Fsp3) is 0.250. The van der Waals surface area contributed by atoms with Gasteiger partial charge in [-0.3, -0.25) is 9.78 Å². The second-order valence-electron chi connectivity index (χ2n) is 2.37. The molecule has 0 unspecified atom stereocenters. The van der Waals surface area contributed by atoms with Gasteiger partial charge in [0.25, 0.3) is 0 Å². The van der Waals surface area contributed by atoms with E-state index in [1.807, 2.05) is 0 Å². The Bertz CT molecular complexity index is 327. The molecule has 1 aromatic rings. The molecule has 0 aliphatic rings. The van der Waals surface area contributed by atoms with Gasteiger partial charge in [0, 0.05) is 6.07 Å². The van der Waals surface area contributed by atoms with Gasteiger partial charge >= 0.3 is 5.97 Å². The summed E-state index contributed by atoms with van der Waals surface area (Å²) >= 11 is 0. The van der Waals surface area contributed by atoms with Crippen molar-refractivity contribution < 1.29 is 19.0 Å². The second-order valence-corrected chi connectivity index (χ2v) is 2.37. The van der Waals surface area contributed by atoms with Crippen LogP contribution in [0.25, 0.3) is 0 Å². The van der Waals surface area contributed by atoms with E-state index in [-0.39, 0.29) is 17.9 Å². The molecule has 1 N–H and O–H groups in total. The van der Waals surface area contributed by atoms with E-state index in [1.165, 1.54) is 7.11 Å². The first kappa shape index (κ1) is 9.44. The number of aromatic nitrogens is 1. The normalized spacial score (nSPS) is 9.69. The van der Waals surface area contributed by atoms with E-state index in [4.69, 9.17) is 5.11 Å². The van der Waals surface area contributed by atoms with Crippen molar-refractivity contribution in [1.29, 1.82) is 0 Å². The Morgan fingerprint density at radius 2 is 2.46 bits per heavy atom. The van der Waals surface area contributed by atoms with E-state index in [0.29, 0.717) is 0 Å². The Balaban J connectivity index is 2.83. The molecule has 0 saturated heterocycles. The lowest BCUT2D eigenvalue weighted by Crippen LogP contribution is -2.06. The maximum atomic E-state index is 12.4. The van der Waals surface area contributed by atoms with Gasteiger partial charge in [0.1, 0.15) is 11.6 Å². The molecule has 4 nitrogen and oxygen atoms in total. The minimum Gasteiger partial charge on any atom is -0.506 e. The molecule has 0 aromatic carbocycles. The predicted molar refractivity (Wildman–Crippen MR) is 41.6 cm³/mol. The van der Waals surface area contributed by atoms with Crippen LogP contribution in [0, 0.1) is 5.82 Å². The zero-order chi connectivity index (χ0) is 9.84. The summed E-state index contributed by atoms with van der Waals surface area (Å²) < 4.78 is 16.8. The van der Waals surface area contributed by atoms with Crippen molar-refractivity contribution in [3.63, 3.8) is 0 Å². The summed E-state index contributed by atoms with van der Waals surface area (Å²) in [5.74, 6) is -1.52. The number of methoxy groups -OCH3 is 1. The molecule has 0 spiro atoms. The Kier molecular flexibility index (Phi) is 2.79. The van der Waals surface area contributed by atoms with Crippen molar-refractivity contribution in [2.24, 2.45) is 0 Å². The lowest BCUT2D eigenvalue weighted by atomic mass is 10.2. The summed E-state index contributed by atoms with van der Waals surface area (Å²) in [4.78, 5) is 14.3. The Hall–Kier alpha value is -1.65. The molecule has 0 saturated carbocycles. The molecule has 13 heavy (non-hydrogen) atoms. The van der Waals surface area contributed by atoms with Crippen molar-refractivity contribution in [2.45, 2.75) is 6.42 Å². The maximum absolute atomic E-state index is 12.4. The van der Waals surface area contributed by atoms with Gasteiger partial charge in [-0.2, -0.15) is 0 Å². The Labute approximate surface area is 74.0 Å². The van der Waals surface area contributed by atoms with Gasteiger partial charge in [-0.15, -0.1) is 0 Å². The number of aromatic hydroxyl groups is 1. The summed E-state index contributed by atoms with van der Waals surface area (Å²) in [6.45, 7) is 0. The molecule has 0 radical (unpaired) electrons. The topological polar surface area (TPSA) is 59.4 Å². The van der Waals surface area contributed by atoms with Gasteiger partial charge in [0.2, 0.25) is 0 Å². The first-order chi connectivity index (χ1) is 6.13. The molecule has 1 aromatic heterocycles. The van der Waals surface area contributed by atoms with Gasteiger partial charge in [-0.25, -0.2) is 4.39 Å². The molecule has 1 rings (SSSR count). The summed E-state index contributed by atoms with van der Waals surface area (Å²) in [5, 5.41) is 9.13. The highest BCUT2D eigenvalue weighted by atomic mass is 19.1. The molecule has 0 aliphatic heterocycles. The predicted octanol–water partition coefficient (Wildman–Crippen LogP) is 0.642. The molecular formula is C8H8FNO3. The lowest BCUT2D eigenvalue weighted by Gasteiger charge is -2.01. The van der Waals surface area contributed by atoms with Crippen LogP contribution in [0.2, 0.25) is 0 Å². The maximum Gasteiger partial charge on any atom is 0.311 e. The van der Waals surface area contributed by atoms with E-state index in [9.17, 15) is 9.18 Å². The Morgan fingerprint density at radius 3 is 3.00 bits per heavy atom. The first-order valence-corrected chi connectivity index (χ1v) is 3.53. The number of rotatable bonds is 2. The molecule has 70 valence electrons. The minimum atomic E-state index is -0.647. The van der Waals surface area contributed by atoms with Crippen LogP contribution >= 0.6 is 0 Å². The number of carbonyl (C=O) groups is 1. The number of ether oxygens (including phenoxy) is 1. The van der Waals surface area contributed by atoms with Crippen LogP contribution in [0.5, 0.6) is 5.75 Å². The number of nitrogens with zero attached hydrogens (tertiary/aromatic N) is 1. The smallest absolute Gasteiger partial charge is 0.311 e. The van der Waals surface area contributed by atoms with E-state index >= 15 is 0 Å². The lowest BCUT2D eigenvalue weighted by molar-refractivity contribution is -0.139. The highest BCUT2D eigenvalue weighted by Gasteiger charge is 2.09. The van der Waals surface area contributed by atoms with Crippen LogP contribution in [0.1, 0.15) is 5.69 Å². The summed E-state index contributed by atoms with van der Waals surface area (Å²) in [5.41, 5.74) is 0.105. The van der Waals surface area contributed by atoms with Gasteiger partial charge < -0.3 is 9.84 Å². The third kappa shape index (κ3) is 2.40. The number of hydrogen-bond donors (Lipinski definition) is 1. The van der Waals surface area contributed by atoms with Crippen molar-refractivity contribution in [3.8, 4) is 5.75 Å². The molecule has 0 bridgehead atoms.